The quantitative estimate of drug-likeness (QED) is 0.520. The standard InChI is InChI=1S/C9H14F4O3/c10-8(11)9(12,13)2-1-6(3-14)15-4-7-5-16-7/h6-8,14H,1-5H2. The molecule has 16 heavy (non-hydrogen) atoms. The first-order valence-electron chi connectivity index (χ1n) is 4.95. The molecule has 0 bridgehead atoms. The summed E-state index contributed by atoms with van der Waals surface area (Å²) in [5.41, 5.74) is 0. The highest BCUT2D eigenvalue weighted by molar-refractivity contribution is 4.73. The van der Waals surface area contributed by atoms with Crippen molar-refractivity contribution in [2.75, 3.05) is 19.8 Å². The van der Waals surface area contributed by atoms with Gasteiger partial charge in [-0.25, -0.2) is 17.6 Å². The average molecular weight is 246 g/mol. The normalized spacial score (nSPS) is 22.5. The van der Waals surface area contributed by atoms with Gasteiger partial charge in [-0.15, -0.1) is 0 Å². The van der Waals surface area contributed by atoms with Gasteiger partial charge in [-0.2, -0.15) is 0 Å². The maximum atomic E-state index is 12.5. The highest BCUT2D eigenvalue weighted by atomic mass is 19.3. The second-order valence-corrected chi connectivity index (χ2v) is 3.69. The van der Waals surface area contributed by atoms with Gasteiger partial charge in [0.1, 0.15) is 6.10 Å². The van der Waals surface area contributed by atoms with E-state index in [1.807, 2.05) is 0 Å². The fourth-order valence-corrected chi connectivity index (χ4v) is 1.10. The van der Waals surface area contributed by atoms with E-state index in [0.29, 0.717) is 6.61 Å². The first-order chi connectivity index (χ1) is 7.45. The maximum absolute atomic E-state index is 12.5. The predicted molar refractivity (Wildman–Crippen MR) is 46.8 cm³/mol. The summed E-state index contributed by atoms with van der Waals surface area (Å²) in [7, 11) is 0. The number of hydrogen-bond acceptors (Lipinski definition) is 3. The lowest BCUT2D eigenvalue weighted by Crippen LogP contribution is -2.30. The van der Waals surface area contributed by atoms with Crippen LogP contribution in [0.2, 0.25) is 0 Å². The van der Waals surface area contributed by atoms with Crippen LogP contribution in [0.4, 0.5) is 17.6 Å². The van der Waals surface area contributed by atoms with E-state index >= 15 is 0 Å². The highest BCUT2D eigenvalue weighted by Gasteiger charge is 2.40. The molecule has 0 saturated carbocycles. The summed E-state index contributed by atoms with van der Waals surface area (Å²) in [5, 5.41) is 8.80. The molecule has 1 fully saturated rings. The lowest BCUT2D eigenvalue weighted by molar-refractivity contribution is -0.140. The maximum Gasteiger partial charge on any atom is 0.307 e. The zero-order valence-electron chi connectivity index (χ0n) is 8.54. The molecular weight excluding hydrogens is 232 g/mol. The number of aliphatic hydroxyl groups is 1. The molecule has 2 unspecified atom stereocenters. The van der Waals surface area contributed by atoms with Crippen molar-refractivity contribution >= 4 is 0 Å². The van der Waals surface area contributed by atoms with Gasteiger partial charge in [0.05, 0.1) is 25.9 Å². The van der Waals surface area contributed by atoms with Crippen LogP contribution < -0.4 is 0 Å². The summed E-state index contributed by atoms with van der Waals surface area (Å²) in [6, 6.07) is 0. The number of alkyl halides is 4. The van der Waals surface area contributed by atoms with Crippen LogP contribution in [0, 0.1) is 0 Å². The molecule has 2 atom stereocenters. The first kappa shape index (κ1) is 13.7. The molecule has 0 aliphatic carbocycles. The van der Waals surface area contributed by atoms with Gasteiger partial charge >= 0.3 is 12.3 Å². The lowest BCUT2D eigenvalue weighted by Gasteiger charge is -2.19. The van der Waals surface area contributed by atoms with E-state index in [9.17, 15) is 17.6 Å². The highest BCUT2D eigenvalue weighted by Crippen LogP contribution is 2.29. The van der Waals surface area contributed by atoms with Gasteiger partial charge in [-0.3, -0.25) is 0 Å². The number of epoxide rings is 1. The molecule has 1 aliphatic rings. The number of hydrogen-bond donors (Lipinski definition) is 1. The lowest BCUT2D eigenvalue weighted by atomic mass is 10.1. The van der Waals surface area contributed by atoms with Crippen LogP contribution >= 0.6 is 0 Å². The van der Waals surface area contributed by atoms with Crippen molar-refractivity contribution in [3.8, 4) is 0 Å². The zero-order chi connectivity index (χ0) is 12.2. The van der Waals surface area contributed by atoms with Crippen LogP contribution in [0.15, 0.2) is 0 Å². The molecule has 1 N–H and O–H groups in total. The second-order valence-electron chi connectivity index (χ2n) is 3.69. The summed E-state index contributed by atoms with van der Waals surface area (Å²) >= 11 is 0. The molecule has 1 heterocycles. The van der Waals surface area contributed by atoms with E-state index in [4.69, 9.17) is 14.6 Å². The Hall–Kier alpha value is -0.400. The average Bonchev–Trinajstić information content (AvgIpc) is 3.01. The Morgan fingerprint density at radius 2 is 2.06 bits per heavy atom. The Morgan fingerprint density at radius 3 is 2.50 bits per heavy atom. The van der Waals surface area contributed by atoms with Crippen molar-refractivity contribution in [2.45, 2.75) is 37.4 Å². The van der Waals surface area contributed by atoms with Crippen LogP contribution in [-0.2, 0) is 9.47 Å². The Balaban J connectivity index is 2.21. The van der Waals surface area contributed by atoms with Crippen LogP contribution in [0.5, 0.6) is 0 Å². The molecule has 0 amide bonds. The molecule has 1 rings (SSSR count). The third-order valence-corrected chi connectivity index (χ3v) is 2.24. The molecule has 0 aromatic heterocycles. The van der Waals surface area contributed by atoms with Crippen molar-refractivity contribution in [1.29, 1.82) is 0 Å². The summed E-state index contributed by atoms with van der Waals surface area (Å²) in [4.78, 5) is 0. The molecule has 96 valence electrons. The predicted octanol–water partition coefficient (Wildman–Crippen LogP) is 1.44. The van der Waals surface area contributed by atoms with Crippen molar-refractivity contribution in [3.05, 3.63) is 0 Å². The van der Waals surface area contributed by atoms with Crippen molar-refractivity contribution in [2.24, 2.45) is 0 Å². The van der Waals surface area contributed by atoms with Gasteiger partial charge in [0.25, 0.3) is 0 Å². The van der Waals surface area contributed by atoms with Crippen molar-refractivity contribution in [1.82, 2.24) is 0 Å². The monoisotopic (exact) mass is 246 g/mol. The summed E-state index contributed by atoms with van der Waals surface area (Å²) in [6.45, 7) is 0.281. The minimum absolute atomic E-state index is 0.0512. The van der Waals surface area contributed by atoms with Crippen LogP contribution in [0.25, 0.3) is 0 Å². The molecule has 1 saturated heterocycles. The Labute approximate surface area is 90.3 Å². The number of rotatable bonds is 8. The summed E-state index contributed by atoms with van der Waals surface area (Å²) in [5.74, 6) is -4.02. The van der Waals surface area contributed by atoms with E-state index in [2.05, 4.69) is 0 Å². The molecule has 0 aromatic carbocycles. The number of ether oxygens (including phenoxy) is 2. The zero-order valence-corrected chi connectivity index (χ0v) is 8.54. The van der Waals surface area contributed by atoms with E-state index in [1.54, 1.807) is 0 Å². The smallest absolute Gasteiger partial charge is 0.307 e. The van der Waals surface area contributed by atoms with Gasteiger partial charge in [0.15, 0.2) is 0 Å². The van der Waals surface area contributed by atoms with Gasteiger partial charge < -0.3 is 14.6 Å². The molecule has 0 aromatic rings. The first-order valence-corrected chi connectivity index (χ1v) is 4.95. The molecule has 3 nitrogen and oxygen atoms in total. The van der Waals surface area contributed by atoms with E-state index in [1.165, 1.54) is 0 Å². The molecule has 1 aliphatic heterocycles. The van der Waals surface area contributed by atoms with E-state index in [-0.39, 0.29) is 19.1 Å². The molecule has 7 heteroatoms. The van der Waals surface area contributed by atoms with Crippen LogP contribution in [-0.4, -0.2) is 49.5 Å². The van der Waals surface area contributed by atoms with Crippen molar-refractivity contribution in [3.63, 3.8) is 0 Å². The third-order valence-electron chi connectivity index (χ3n) is 2.24. The number of aliphatic hydroxyl groups excluding tert-OH is 1. The van der Waals surface area contributed by atoms with Crippen molar-refractivity contribution < 1.29 is 32.1 Å². The second kappa shape index (κ2) is 5.79. The largest absolute Gasteiger partial charge is 0.394 e. The van der Waals surface area contributed by atoms with Gasteiger partial charge in [-0.1, -0.05) is 0 Å². The summed E-state index contributed by atoms with van der Waals surface area (Å²) < 4.78 is 58.6. The van der Waals surface area contributed by atoms with Gasteiger partial charge in [0, 0.05) is 6.42 Å². The molecule has 0 radical (unpaired) electrons. The van der Waals surface area contributed by atoms with Gasteiger partial charge in [-0.05, 0) is 6.42 Å². The fraction of sp³-hybridized carbons (Fsp3) is 1.00. The minimum atomic E-state index is -4.02. The number of halogens is 4. The van der Waals surface area contributed by atoms with Crippen LogP contribution in [0.1, 0.15) is 12.8 Å². The van der Waals surface area contributed by atoms with Gasteiger partial charge in [0.2, 0.25) is 0 Å². The van der Waals surface area contributed by atoms with Crippen LogP contribution in [0.3, 0.4) is 0 Å². The third kappa shape index (κ3) is 4.63. The molecular formula is C9H14F4O3. The Kier molecular flexibility index (Phi) is 4.94. The van der Waals surface area contributed by atoms with E-state index < -0.39 is 31.5 Å². The fourth-order valence-electron chi connectivity index (χ4n) is 1.10. The summed E-state index contributed by atoms with van der Waals surface area (Å²) in [6.07, 6.45) is -5.88. The topological polar surface area (TPSA) is 42.0 Å². The molecule has 0 spiro atoms. The van der Waals surface area contributed by atoms with E-state index in [0.717, 1.165) is 0 Å². The SMILES string of the molecule is OCC(CCC(F)(F)C(F)F)OCC1CO1. The Morgan fingerprint density at radius 1 is 1.44 bits per heavy atom. The minimum Gasteiger partial charge on any atom is -0.394 e. The Bertz CT molecular complexity index is 209.